The lowest BCUT2D eigenvalue weighted by Gasteiger charge is -2.32. The fraction of sp³-hybridized carbons (Fsp3) is 0.600. The maximum absolute atomic E-state index is 11.6. The Morgan fingerprint density at radius 1 is 1.56 bits per heavy atom. The molecule has 0 saturated heterocycles. The van der Waals surface area contributed by atoms with Crippen molar-refractivity contribution >= 4 is 11.8 Å². The van der Waals surface area contributed by atoms with E-state index in [4.69, 9.17) is 4.74 Å². The van der Waals surface area contributed by atoms with Gasteiger partial charge in [-0.15, -0.1) is 0 Å². The second-order valence-corrected chi connectivity index (χ2v) is 5.49. The number of ketones is 1. The Bertz CT molecular complexity index is 413. The number of ether oxygens (including phenoxy) is 1. The number of allylic oxidation sites excluding steroid dienone is 3. The molecule has 18 heavy (non-hydrogen) atoms. The third-order valence-corrected chi connectivity index (χ3v) is 3.22. The molecule has 0 fully saturated rings. The van der Waals surface area contributed by atoms with Crippen LogP contribution in [0.25, 0.3) is 0 Å². The standard InChI is InChI=1S/C15H22O3/c1-6-13(18-11(3)16)8-14-10(2)7-12(17)9-15(14,4)5/h7-8,13H,6,9H2,1-5H3. The van der Waals surface area contributed by atoms with Gasteiger partial charge < -0.3 is 4.74 Å². The highest BCUT2D eigenvalue weighted by Crippen LogP contribution is 2.39. The molecule has 0 aromatic rings. The van der Waals surface area contributed by atoms with Crippen LogP contribution in [0.2, 0.25) is 0 Å². The van der Waals surface area contributed by atoms with E-state index in [2.05, 4.69) is 0 Å². The molecule has 1 aliphatic carbocycles. The van der Waals surface area contributed by atoms with Gasteiger partial charge in [0.1, 0.15) is 6.10 Å². The summed E-state index contributed by atoms with van der Waals surface area (Å²) in [6, 6.07) is 0. The molecule has 3 heteroatoms. The lowest BCUT2D eigenvalue weighted by molar-refractivity contribution is -0.144. The first-order chi connectivity index (χ1) is 8.26. The van der Waals surface area contributed by atoms with Crippen LogP contribution in [0.3, 0.4) is 0 Å². The Morgan fingerprint density at radius 2 is 2.17 bits per heavy atom. The van der Waals surface area contributed by atoms with E-state index in [0.717, 1.165) is 17.6 Å². The maximum Gasteiger partial charge on any atom is 0.303 e. The lowest BCUT2D eigenvalue weighted by atomic mass is 9.72. The monoisotopic (exact) mass is 250 g/mol. The second kappa shape index (κ2) is 5.51. The van der Waals surface area contributed by atoms with E-state index in [1.54, 1.807) is 6.08 Å². The average Bonchev–Trinajstić information content (AvgIpc) is 2.19. The molecule has 0 aliphatic heterocycles. The van der Waals surface area contributed by atoms with E-state index in [-0.39, 0.29) is 23.3 Å². The van der Waals surface area contributed by atoms with Crippen molar-refractivity contribution in [3.8, 4) is 0 Å². The van der Waals surface area contributed by atoms with Crippen LogP contribution in [0, 0.1) is 5.41 Å². The van der Waals surface area contributed by atoms with E-state index in [0.29, 0.717) is 6.42 Å². The summed E-state index contributed by atoms with van der Waals surface area (Å²) in [6.45, 7) is 9.43. The number of esters is 1. The van der Waals surface area contributed by atoms with Crippen molar-refractivity contribution in [2.45, 2.75) is 53.6 Å². The molecule has 1 aliphatic rings. The summed E-state index contributed by atoms with van der Waals surface area (Å²) in [6.07, 6.45) is 4.69. The third-order valence-electron chi connectivity index (χ3n) is 3.22. The average molecular weight is 250 g/mol. The minimum absolute atomic E-state index is 0.162. The Balaban J connectivity index is 3.07. The number of carbonyl (C=O) groups is 2. The van der Waals surface area contributed by atoms with Crippen LogP contribution in [-0.4, -0.2) is 17.9 Å². The van der Waals surface area contributed by atoms with Crippen LogP contribution in [0.15, 0.2) is 23.3 Å². The molecule has 0 saturated carbocycles. The zero-order valence-electron chi connectivity index (χ0n) is 11.9. The highest BCUT2D eigenvalue weighted by atomic mass is 16.5. The number of rotatable bonds is 3. The molecular formula is C15H22O3. The van der Waals surface area contributed by atoms with Crippen molar-refractivity contribution in [3.05, 3.63) is 23.3 Å². The third kappa shape index (κ3) is 3.56. The van der Waals surface area contributed by atoms with Gasteiger partial charge in [0, 0.05) is 13.3 Å². The lowest BCUT2D eigenvalue weighted by Crippen LogP contribution is -2.26. The molecule has 1 rings (SSSR count). The first-order valence-corrected chi connectivity index (χ1v) is 6.37. The molecule has 3 nitrogen and oxygen atoms in total. The highest BCUT2D eigenvalue weighted by Gasteiger charge is 2.31. The predicted octanol–water partition coefficient (Wildman–Crippen LogP) is 3.20. The first kappa shape index (κ1) is 14.7. The van der Waals surface area contributed by atoms with Gasteiger partial charge in [-0.2, -0.15) is 0 Å². The van der Waals surface area contributed by atoms with Crippen LogP contribution in [0.1, 0.15) is 47.5 Å². The van der Waals surface area contributed by atoms with Gasteiger partial charge in [-0.25, -0.2) is 0 Å². The molecule has 0 amide bonds. The highest BCUT2D eigenvalue weighted by molar-refractivity contribution is 5.93. The summed E-state index contributed by atoms with van der Waals surface area (Å²) >= 11 is 0. The maximum atomic E-state index is 11.6. The van der Waals surface area contributed by atoms with E-state index in [1.807, 2.05) is 33.8 Å². The molecule has 1 unspecified atom stereocenters. The molecule has 100 valence electrons. The molecule has 0 radical (unpaired) electrons. The van der Waals surface area contributed by atoms with Gasteiger partial charge in [0.15, 0.2) is 5.78 Å². The minimum atomic E-state index is -0.273. The van der Waals surface area contributed by atoms with Gasteiger partial charge in [-0.05, 0) is 42.1 Å². The zero-order valence-corrected chi connectivity index (χ0v) is 11.9. The smallest absolute Gasteiger partial charge is 0.303 e. The zero-order chi connectivity index (χ0) is 13.9. The van der Waals surface area contributed by atoms with E-state index in [1.165, 1.54) is 6.92 Å². The summed E-state index contributed by atoms with van der Waals surface area (Å²) in [5.74, 6) is -0.111. The summed E-state index contributed by atoms with van der Waals surface area (Å²) in [5.41, 5.74) is 1.89. The van der Waals surface area contributed by atoms with Crippen molar-refractivity contribution in [1.29, 1.82) is 0 Å². The summed E-state index contributed by atoms with van der Waals surface area (Å²) < 4.78 is 5.24. The van der Waals surface area contributed by atoms with Crippen LogP contribution < -0.4 is 0 Å². The second-order valence-electron chi connectivity index (χ2n) is 5.49. The summed E-state index contributed by atoms with van der Waals surface area (Å²) in [4.78, 5) is 22.6. The van der Waals surface area contributed by atoms with Crippen molar-refractivity contribution in [2.75, 3.05) is 0 Å². The minimum Gasteiger partial charge on any atom is -0.458 e. The Kier molecular flexibility index (Phi) is 4.49. The Labute approximate surface area is 109 Å². The molecule has 0 aromatic heterocycles. The fourth-order valence-electron chi connectivity index (χ4n) is 2.43. The predicted molar refractivity (Wildman–Crippen MR) is 71.1 cm³/mol. The molecule has 0 spiro atoms. The molecule has 1 atom stereocenters. The normalized spacial score (nSPS) is 22.6. The number of hydrogen-bond acceptors (Lipinski definition) is 3. The van der Waals surface area contributed by atoms with Gasteiger partial charge in [0.2, 0.25) is 0 Å². The largest absolute Gasteiger partial charge is 0.458 e. The summed E-state index contributed by atoms with van der Waals surface area (Å²) in [7, 11) is 0. The Morgan fingerprint density at radius 3 is 2.61 bits per heavy atom. The van der Waals surface area contributed by atoms with E-state index >= 15 is 0 Å². The summed E-state index contributed by atoms with van der Waals surface area (Å²) in [5, 5.41) is 0. The van der Waals surface area contributed by atoms with Gasteiger partial charge in [-0.1, -0.05) is 20.8 Å². The number of carbonyl (C=O) groups excluding carboxylic acids is 2. The van der Waals surface area contributed by atoms with E-state index < -0.39 is 0 Å². The quantitative estimate of drug-likeness (QED) is 0.722. The van der Waals surface area contributed by atoms with Gasteiger partial charge in [0.05, 0.1) is 0 Å². The van der Waals surface area contributed by atoms with Crippen molar-refractivity contribution < 1.29 is 14.3 Å². The topological polar surface area (TPSA) is 43.4 Å². The van der Waals surface area contributed by atoms with Crippen LogP contribution in [0.4, 0.5) is 0 Å². The molecule has 0 N–H and O–H groups in total. The van der Waals surface area contributed by atoms with Crippen molar-refractivity contribution in [2.24, 2.45) is 5.41 Å². The Hall–Kier alpha value is -1.38. The van der Waals surface area contributed by atoms with Gasteiger partial charge in [-0.3, -0.25) is 9.59 Å². The SMILES string of the molecule is CCC(C=C1C(C)=CC(=O)CC1(C)C)OC(C)=O. The van der Waals surface area contributed by atoms with Crippen LogP contribution in [0.5, 0.6) is 0 Å². The number of hydrogen-bond donors (Lipinski definition) is 0. The van der Waals surface area contributed by atoms with Crippen LogP contribution in [-0.2, 0) is 14.3 Å². The fourth-order valence-corrected chi connectivity index (χ4v) is 2.43. The van der Waals surface area contributed by atoms with E-state index in [9.17, 15) is 9.59 Å². The van der Waals surface area contributed by atoms with Crippen molar-refractivity contribution in [1.82, 2.24) is 0 Å². The molecular weight excluding hydrogens is 228 g/mol. The van der Waals surface area contributed by atoms with Crippen molar-refractivity contribution in [3.63, 3.8) is 0 Å². The van der Waals surface area contributed by atoms with Gasteiger partial charge >= 0.3 is 5.97 Å². The van der Waals surface area contributed by atoms with Crippen LogP contribution >= 0.6 is 0 Å². The molecule has 0 heterocycles. The van der Waals surface area contributed by atoms with Gasteiger partial charge in [0.25, 0.3) is 0 Å². The first-order valence-electron chi connectivity index (χ1n) is 6.37. The molecule has 0 aromatic carbocycles. The molecule has 0 bridgehead atoms.